The SMILES string of the molecule is CC(=O)NCc1ccc(C)cc1-c1csc(N=C(N)N)n1. The summed E-state index contributed by atoms with van der Waals surface area (Å²) in [5, 5.41) is 5.21. The van der Waals surface area contributed by atoms with Gasteiger partial charge in [-0.05, 0) is 18.6 Å². The predicted molar refractivity (Wildman–Crippen MR) is 85.3 cm³/mol. The van der Waals surface area contributed by atoms with Crippen molar-refractivity contribution in [2.24, 2.45) is 16.5 Å². The third kappa shape index (κ3) is 4.03. The molecule has 0 atom stereocenters. The first-order valence-corrected chi connectivity index (χ1v) is 7.23. The van der Waals surface area contributed by atoms with E-state index >= 15 is 0 Å². The summed E-state index contributed by atoms with van der Waals surface area (Å²) in [6.07, 6.45) is 0. The maximum absolute atomic E-state index is 11.1. The molecule has 21 heavy (non-hydrogen) atoms. The molecule has 0 bridgehead atoms. The Morgan fingerprint density at radius 2 is 2.19 bits per heavy atom. The number of aliphatic imine (C=N–C) groups is 1. The molecule has 5 N–H and O–H groups in total. The molecule has 0 saturated carbocycles. The molecule has 0 aliphatic heterocycles. The molecule has 2 rings (SSSR count). The molecular weight excluding hydrogens is 286 g/mol. The first kappa shape index (κ1) is 15.0. The highest BCUT2D eigenvalue weighted by Crippen LogP contribution is 2.29. The Kier molecular flexibility index (Phi) is 4.54. The first-order valence-electron chi connectivity index (χ1n) is 6.35. The molecule has 0 unspecified atom stereocenters. The van der Waals surface area contributed by atoms with Gasteiger partial charge >= 0.3 is 0 Å². The summed E-state index contributed by atoms with van der Waals surface area (Å²) in [5.41, 5.74) is 14.6. The summed E-state index contributed by atoms with van der Waals surface area (Å²) < 4.78 is 0. The van der Waals surface area contributed by atoms with Gasteiger partial charge in [0.25, 0.3) is 0 Å². The Morgan fingerprint density at radius 1 is 1.43 bits per heavy atom. The summed E-state index contributed by atoms with van der Waals surface area (Å²) >= 11 is 1.37. The zero-order valence-electron chi connectivity index (χ0n) is 11.9. The number of carbonyl (C=O) groups excluding carboxylic acids is 1. The van der Waals surface area contributed by atoms with Crippen molar-refractivity contribution in [2.75, 3.05) is 0 Å². The van der Waals surface area contributed by atoms with Crippen LogP contribution in [0.1, 0.15) is 18.1 Å². The van der Waals surface area contributed by atoms with Crippen LogP contribution in [0.4, 0.5) is 5.13 Å². The van der Waals surface area contributed by atoms with Gasteiger partial charge in [-0.15, -0.1) is 11.3 Å². The van der Waals surface area contributed by atoms with E-state index in [1.54, 1.807) is 0 Å². The first-order chi connectivity index (χ1) is 9.95. The number of amides is 1. The molecule has 0 saturated heterocycles. The van der Waals surface area contributed by atoms with Crippen molar-refractivity contribution >= 4 is 28.3 Å². The Balaban J connectivity index is 2.37. The van der Waals surface area contributed by atoms with Crippen molar-refractivity contribution in [3.05, 3.63) is 34.7 Å². The lowest BCUT2D eigenvalue weighted by atomic mass is 10.0. The molecule has 1 aromatic heterocycles. The highest BCUT2D eigenvalue weighted by molar-refractivity contribution is 7.13. The minimum atomic E-state index is -0.0685. The second-order valence-corrected chi connectivity index (χ2v) is 5.46. The second-order valence-electron chi connectivity index (χ2n) is 4.62. The molecule has 1 amide bonds. The van der Waals surface area contributed by atoms with Gasteiger partial charge in [0.1, 0.15) is 0 Å². The van der Waals surface area contributed by atoms with E-state index in [0.717, 1.165) is 22.4 Å². The lowest BCUT2D eigenvalue weighted by molar-refractivity contribution is -0.119. The average molecular weight is 303 g/mol. The zero-order valence-corrected chi connectivity index (χ0v) is 12.7. The van der Waals surface area contributed by atoms with E-state index in [1.807, 2.05) is 30.5 Å². The van der Waals surface area contributed by atoms with E-state index in [1.165, 1.54) is 18.3 Å². The third-order valence-electron chi connectivity index (χ3n) is 2.79. The van der Waals surface area contributed by atoms with E-state index in [-0.39, 0.29) is 11.9 Å². The molecular formula is C14H17N5OS. The van der Waals surface area contributed by atoms with Crippen LogP contribution in [0.5, 0.6) is 0 Å². The number of hydrogen-bond donors (Lipinski definition) is 3. The van der Waals surface area contributed by atoms with Crippen LogP contribution >= 0.6 is 11.3 Å². The van der Waals surface area contributed by atoms with Gasteiger partial charge in [0.2, 0.25) is 11.0 Å². The van der Waals surface area contributed by atoms with E-state index in [9.17, 15) is 4.79 Å². The summed E-state index contributed by atoms with van der Waals surface area (Å²) in [5.74, 6) is -0.0837. The maximum atomic E-state index is 11.1. The molecule has 110 valence electrons. The highest BCUT2D eigenvalue weighted by Gasteiger charge is 2.10. The fraction of sp³-hybridized carbons (Fsp3) is 0.214. The molecule has 0 radical (unpaired) electrons. The van der Waals surface area contributed by atoms with Crippen LogP contribution in [-0.2, 0) is 11.3 Å². The number of benzene rings is 1. The summed E-state index contributed by atoms with van der Waals surface area (Å²) in [7, 11) is 0. The number of carbonyl (C=O) groups is 1. The van der Waals surface area contributed by atoms with Crippen molar-refractivity contribution in [3.63, 3.8) is 0 Å². The number of guanidine groups is 1. The second kappa shape index (κ2) is 6.36. The van der Waals surface area contributed by atoms with Crippen molar-refractivity contribution in [1.29, 1.82) is 0 Å². The Bertz CT molecular complexity index is 688. The van der Waals surface area contributed by atoms with E-state index in [4.69, 9.17) is 11.5 Å². The Hall–Kier alpha value is -2.41. The van der Waals surface area contributed by atoms with Crippen molar-refractivity contribution in [1.82, 2.24) is 10.3 Å². The van der Waals surface area contributed by atoms with Gasteiger partial charge < -0.3 is 16.8 Å². The Morgan fingerprint density at radius 3 is 2.86 bits per heavy atom. The topological polar surface area (TPSA) is 106 Å². The summed E-state index contributed by atoms with van der Waals surface area (Å²) in [6, 6.07) is 6.02. The minimum absolute atomic E-state index is 0.0152. The van der Waals surface area contributed by atoms with E-state index < -0.39 is 0 Å². The monoisotopic (exact) mass is 303 g/mol. The maximum Gasteiger partial charge on any atom is 0.217 e. The summed E-state index contributed by atoms with van der Waals surface area (Å²) in [4.78, 5) is 19.4. The van der Waals surface area contributed by atoms with Crippen LogP contribution in [0, 0.1) is 6.92 Å². The quantitative estimate of drug-likeness (QED) is 0.590. The minimum Gasteiger partial charge on any atom is -0.370 e. The van der Waals surface area contributed by atoms with Crippen LogP contribution in [-0.4, -0.2) is 16.9 Å². The predicted octanol–water partition coefficient (Wildman–Crippen LogP) is 1.66. The van der Waals surface area contributed by atoms with Gasteiger partial charge in [-0.3, -0.25) is 4.79 Å². The number of hydrogen-bond acceptors (Lipinski definition) is 4. The van der Waals surface area contributed by atoms with Gasteiger partial charge in [-0.2, -0.15) is 4.99 Å². The van der Waals surface area contributed by atoms with Gasteiger partial charge in [-0.25, -0.2) is 4.98 Å². The van der Waals surface area contributed by atoms with Crippen LogP contribution in [0.25, 0.3) is 11.3 Å². The van der Waals surface area contributed by atoms with Crippen molar-refractivity contribution in [3.8, 4) is 11.3 Å². The van der Waals surface area contributed by atoms with Crippen LogP contribution in [0.15, 0.2) is 28.6 Å². The molecule has 0 aliphatic rings. The van der Waals surface area contributed by atoms with Crippen molar-refractivity contribution < 1.29 is 4.79 Å². The van der Waals surface area contributed by atoms with Gasteiger partial charge in [0.15, 0.2) is 5.96 Å². The van der Waals surface area contributed by atoms with Crippen LogP contribution < -0.4 is 16.8 Å². The smallest absolute Gasteiger partial charge is 0.217 e. The highest BCUT2D eigenvalue weighted by atomic mass is 32.1. The van der Waals surface area contributed by atoms with Crippen LogP contribution in [0.3, 0.4) is 0 Å². The van der Waals surface area contributed by atoms with Gasteiger partial charge in [0, 0.05) is 24.4 Å². The van der Waals surface area contributed by atoms with Gasteiger partial charge in [-0.1, -0.05) is 17.7 Å². The molecule has 7 heteroatoms. The number of nitrogens with two attached hydrogens (primary N) is 2. The van der Waals surface area contributed by atoms with E-state index in [0.29, 0.717) is 11.7 Å². The van der Waals surface area contributed by atoms with Crippen LogP contribution in [0.2, 0.25) is 0 Å². The van der Waals surface area contributed by atoms with Gasteiger partial charge in [0.05, 0.1) is 5.69 Å². The molecule has 2 aromatic rings. The zero-order chi connectivity index (χ0) is 15.4. The molecule has 0 aliphatic carbocycles. The Labute approximate surface area is 126 Å². The lowest BCUT2D eigenvalue weighted by Crippen LogP contribution is -2.21. The number of aryl methyl sites for hydroxylation is 1. The normalized spacial score (nSPS) is 10.2. The molecule has 0 spiro atoms. The largest absolute Gasteiger partial charge is 0.370 e. The molecule has 0 fully saturated rings. The molecule has 6 nitrogen and oxygen atoms in total. The number of nitrogens with zero attached hydrogens (tertiary/aromatic N) is 2. The number of aromatic nitrogens is 1. The fourth-order valence-corrected chi connectivity index (χ4v) is 2.56. The fourth-order valence-electron chi connectivity index (χ4n) is 1.85. The van der Waals surface area contributed by atoms with E-state index in [2.05, 4.69) is 15.3 Å². The number of nitrogens with one attached hydrogen (secondary N) is 1. The van der Waals surface area contributed by atoms with Crippen molar-refractivity contribution in [2.45, 2.75) is 20.4 Å². The number of rotatable bonds is 4. The summed E-state index contributed by atoms with van der Waals surface area (Å²) in [6.45, 7) is 3.96. The average Bonchev–Trinajstić information content (AvgIpc) is 2.84. The lowest BCUT2D eigenvalue weighted by Gasteiger charge is -2.09. The molecule has 1 aromatic carbocycles. The molecule has 1 heterocycles. The number of thiazole rings is 1. The standard InChI is InChI=1S/C14H17N5OS/c1-8-3-4-10(6-17-9(2)20)11(5-8)12-7-21-14(18-12)19-13(15)16/h3-5,7H,6H2,1-2H3,(H,17,20)(H4,15,16,18,19). The third-order valence-corrected chi connectivity index (χ3v) is 3.52.